The Labute approximate surface area is 803 Å². The molecule has 800 valence electrons. The molecule has 0 bridgehead atoms. The zero-order valence-corrected chi connectivity index (χ0v) is 84.2. The summed E-state index contributed by atoms with van der Waals surface area (Å²) in [5.41, 5.74) is 3.75. The number of esters is 3. The number of carbonyl (C=O) groups excluding carboxylic acids is 15. The first-order valence-electron chi connectivity index (χ1n) is 44.1. The molecule has 52 heteroatoms. The third kappa shape index (κ3) is 81.3. The molecule has 0 aromatic carbocycles. The Morgan fingerprint density at radius 1 is 0.413 bits per heavy atom. The van der Waals surface area contributed by atoms with Crippen molar-refractivity contribution in [3.05, 3.63) is 0 Å². The topological polar surface area (TPSA) is 681 Å². The lowest BCUT2D eigenvalue weighted by Gasteiger charge is -2.29. The molecule has 0 aromatic heterocycles. The number of amides is 7. The summed E-state index contributed by atoms with van der Waals surface area (Å²) in [6.45, 7) is 43.2. The first-order chi connectivity index (χ1) is 63.3. The summed E-state index contributed by atoms with van der Waals surface area (Å²) in [5, 5.41) is 53.7. The third-order valence-corrected chi connectivity index (χ3v) is 15.6. The molecule has 0 spiro atoms. The van der Waals surface area contributed by atoms with Crippen LogP contribution in [0.5, 0.6) is 0 Å². The molecular weight excluding hydrogens is 1850 g/mol. The van der Waals surface area contributed by atoms with Gasteiger partial charge in [0, 0.05) is 51.9 Å². The zero-order chi connectivity index (χ0) is 107. The number of aliphatic imine (C=N–C) groups is 2. The number of nitrogens with one attached hydrogen (secondary N) is 8. The van der Waals surface area contributed by atoms with Gasteiger partial charge in [-0.2, -0.15) is 13.2 Å². The number of carboxylic acids is 1. The minimum Gasteiger partial charge on any atom is -0.542 e. The third-order valence-electron chi connectivity index (χ3n) is 15.6. The van der Waals surface area contributed by atoms with Crippen molar-refractivity contribution in [2.24, 2.45) is 53.9 Å². The molecule has 15 N–H and O–H groups in total. The normalized spacial score (nSPS) is 13.6. The number of aliphatic carboxylic acids is 1. The minimum absolute atomic E-state index is 0.0147. The Balaban J connectivity index is -0.000000861. The van der Waals surface area contributed by atoms with Gasteiger partial charge in [-0.1, -0.05) is 62.3 Å². The van der Waals surface area contributed by atoms with Crippen LogP contribution in [0, 0.1) is 32.5 Å². The average molecular weight is 2000 g/mol. The molecule has 2 aliphatic heterocycles. The van der Waals surface area contributed by atoms with Gasteiger partial charge < -0.3 is 126 Å². The number of aliphatic hydroxyl groups is 3. The highest BCUT2D eigenvalue weighted by atomic mass is 19.4. The van der Waals surface area contributed by atoms with E-state index < -0.39 is 162 Å². The van der Waals surface area contributed by atoms with Crippen LogP contribution in [0.25, 0.3) is 0 Å². The van der Waals surface area contributed by atoms with Crippen LogP contribution in [0.15, 0.2) is 9.98 Å². The minimum atomic E-state index is -5.19. The molecule has 0 radical (unpaired) electrons. The number of rotatable bonds is 38. The maximum atomic E-state index is 12.6. The van der Waals surface area contributed by atoms with E-state index in [2.05, 4.69) is 124 Å². The van der Waals surface area contributed by atoms with E-state index in [0.29, 0.717) is 44.7 Å². The second kappa shape index (κ2) is 67.4. The summed E-state index contributed by atoms with van der Waals surface area (Å²) in [6.07, 6.45) is -6.17. The molecule has 0 saturated carbocycles. The van der Waals surface area contributed by atoms with Crippen molar-refractivity contribution in [1.82, 2.24) is 37.2 Å². The molecule has 138 heavy (non-hydrogen) atoms. The highest BCUT2D eigenvalue weighted by Gasteiger charge is 2.43. The van der Waals surface area contributed by atoms with Gasteiger partial charge >= 0.3 is 97.3 Å². The SMILES string of the molecule is CC(C)(C)CCCNC(=O)OCCCO.CC(C)(C)CCCNC(=O)OCCCOC(=O)OCC(C)(CO)C(=O)OCCN=C(NC(=O)OC(C)(C)C)NC(=O)OC(C)(C)C.CC(C)(C)CCCNC(=O)OCCCOC(=O)OCC(C)(CO)C(=O)OCC[NH+]=C(N)N.CC(C)(C)OC(=O)NC(=NCCOC(=O)C1(C)COC(=O)OC1)NC(=O)OC(C)(C)C.O=C([O-])C(F)(F)F.O=C1OCCCO1. The van der Waals surface area contributed by atoms with E-state index in [1.807, 2.05) is 0 Å². The van der Waals surface area contributed by atoms with Gasteiger partial charge in [-0.3, -0.25) is 52.1 Å². The molecule has 7 amide bonds. The molecular formula is C86H153F3N12O37. The number of carboxylic acid groups (broad SMARTS) is 1. The maximum Gasteiger partial charge on any atom is 0.508 e. The lowest BCUT2D eigenvalue weighted by molar-refractivity contribution is -0.462. The van der Waals surface area contributed by atoms with Crippen molar-refractivity contribution in [1.29, 1.82) is 0 Å². The van der Waals surface area contributed by atoms with Crippen LogP contribution in [-0.4, -0.2) is 305 Å². The monoisotopic (exact) mass is 2000 g/mol. The number of guanidine groups is 3. The number of ether oxygens (including phenoxy) is 18. The van der Waals surface area contributed by atoms with E-state index in [0.717, 1.165) is 44.9 Å². The largest absolute Gasteiger partial charge is 0.542 e. The fraction of sp³-hybridized carbons (Fsp3) is 0.791. The van der Waals surface area contributed by atoms with Crippen LogP contribution >= 0.6 is 0 Å². The number of alkyl halides is 3. The number of hydrogen-bond acceptors (Lipinski definition) is 39. The van der Waals surface area contributed by atoms with E-state index >= 15 is 0 Å². The molecule has 49 nitrogen and oxygen atoms in total. The second-order valence-electron chi connectivity index (χ2n) is 38.4. The Kier molecular flexibility index (Phi) is 64.7. The van der Waals surface area contributed by atoms with Crippen LogP contribution in [0.2, 0.25) is 0 Å². The van der Waals surface area contributed by atoms with Gasteiger partial charge in [-0.25, -0.2) is 62.7 Å². The molecule has 2 unspecified atom stereocenters. The van der Waals surface area contributed by atoms with Crippen molar-refractivity contribution < 1.29 is 196 Å². The predicted octanol–water partition coefficient (Wildman–Crippen LogP) is 6.88. The fourth-order valence-corrected chi connectivity index (χ4v) is 8.75. The highest BCUT2D eigenvalue weighted by Crippen LogP contribution is 2.26. The number of nitrogens with two attached hydrogens (primary N) is 2. The van der Waals surface area contributed by atoms with Crippen LogP contribution in [0.3, 0.4) is 0 Å². The molecule has 2 atom stereocenters. The van der Waals surface area contributed by atoms with Crippen LogP contribution in [0.4, 0.5) is 65.9 Å². The first-order valence-corrected chi connectivity index (χ1v) is 44.1. The van der Waals surface area contributed by atoms with E-state index in [9.17, 15) is 90.5 Å². The van der Waals surface area contributed by atoms with Crippen molar-refractivity contribution >= 4 is 109 Å². The summed E-state index contributed by atoms with van der Waals surface area (Å²) in [5.74, 6) is -5.87. The van der Waals surface area contributed by atoms with Gasteiger partial charge in [0.25, 0.3) is 0 Å². The quantitative estimate of drug-likeness (QED) is 0.00984. The summed E-state index contributed by atoms with van der Waals surface area (Å²) in [4.78, 5) is 184. The lowest BCUT2D eigenvalue weighted by atomic mass is 9.91. The van der Waals surface area contributed by atoms with Gasteiger partial charge in [-0.15, -0.1) is 0 Å². The van der Waals surface area contributed by atoms with Gasteiger partial charge in [0.15, 0.2) is 0 Å². The van der Waals surface area contributed by atoms with Gasteiger partial charge in [0.1, 0.15) is 90.9 Å². The Morgan fingerprint density at radius 3 is 0.986 bits per heavy atom. The maximum absolute atomic E-state index is 12.6. The Morgan fingerprint density at radius 2 is 0.710 bits per heavy atom. The van der Waals surface area contributed by atoms with Gasteiger partial charge in [-0.05, 0) is 159 Å². The molecule has 2 rings (SSSR count). The van der Waals surface area contributed by atoms with Crippen molar-refractivity contribution in [2.45, 2.75) is 259 Å². The van der Waals surface area contributed by atoms with Crippen molar-refractivity contribution in [3.63, 3.8) is 0 Å². The summed E-state index contributed by atoms with van der Waals surface area (Å²) in [6, 6.07) is 0. The number of cyclic esters (lactones) is 4. The van der Waals surface area contributed by atoms with Crippen LogP contribution in [0.1, 0.15) is 230 Å². The van der Waals surface area contributed by atoms with E-state index in [1.165, 1.54) is 20.8 Å². The van der Waals surface area contributed by atoms with Gasteiger partial charge in [0.2, 0.25) is 11.9 Å². The van der Waals surface area contributed by atoms with Crippen molar-refractivity contribution in [3.8, 4) is 0 Å². The molecule has 0 aromatic rings. The Hall–Kier alpha value is -11.9. The number of halogens is 3. The van der Waals surface area contributed by atoms with Gasteiger partial charge in [0.05, 0.1) is 79.1 Å². The molecule has 2 fully saturated rings. The standard InChI is InChI=1S/C30H54N4O12.C20H38N4O8.C19H31N3O9.C11H23NO3.C4H6O3.C2HF3O2/c1-27(2,3)13-11-14-32-23(37)42-16-12-17-43-26(40)44-20-30(10,19-35)21(36)41-18-15-31-22(33-24(38)45-28(4,5)6)34-25(39)46-29(7,8)9;1-19(2,3)7-5-8-24-17(27)30-10-6-11-31-18(28)32-14-20(4,13-25)15(26)29-12-9-23-16(21)22;1-17(2,3)30-14(24)21-13(22-15(25)31-18(4,5)6)20-8-9-27-12(23)19(7)10-28-16(26)29-11-19;1-11(2,3)6-4-7-12-10(14)15-9-5-8-13;5-4-6-2-1-3-7-4;3-2(4,5)1(6)7/h35H,11-20H2,1-10H3,(H,32,37)(H2,31,33,34,38,39);25H,5-14H2,1-4H3,(H,24,27)(H4,21,22,23);8-11H2,1-7H3,(H2,20,21,22,24,25);13H,4-9H2,1-3H3,(H,12,14);1-3H2;(H,6,7). The van der Waals surface area contributed by atoms with Crippen LogP contribution in [-0.2, 0) is 104 Å². The highest BCUT2D eigenvalue weighted by molar-refractivity contribution is 6.02. The lowest BCUT2D eigenvalue weighted by Crippen LogP contribution is -2.79. The fourth-order valence-electron chi connectivity index (χ4n) is 8.75. The number of alkyl carbamates (subject to hydrolysis) is 7. The first kappa shape index (κ1) is 132. The average Bonchev–Trinajstić information content (AvgIpc) is 0.831. The number of nitrogens with zero attached hydrogens (tertiary/aromatic N) is 2. The summed E-state index contributed by atoms with van der Waals surface area (Å²) >= 11 is 0. The smallest absolute Gasteiger partial charge is 0.508 e. The molecule has 2 heterocycles. The van der Waals surface area contributed by atoms with Crippen LogP contribution < -0.4 is 58.8 Å². The predicted molar refractivity (Wildman–Crippen MR) is 483 cm³/mol. The number of aliphatic hydroxyl groups excluding tert-OH is 3. The van der Waals surface area contributed by atoms with E-state index in [4.69, 9.17) is 102 Å². The Bertz CT molecular complexity index is 3700. The number of carbonyl (C=O) groups is 15. The second-order valence-corrected chi connectivity index (χ2v) is 38.4. The summed E-state index contributed by atoms with van der Waals surface area (Å²) < 4.78 is 120. The molecule has 2 aliphatic rings. The molecule has 0 aliphatic carbocycles. The summed E-state index contributed by atoms with van der Waals surface area (Å²) in [7, 11) is 0. The van der Waals surface area contributed by atoms with Crippen molar-refractivity contribution in [2.75, 3.05) is 152 Å². The van der Waals surface area contributed by atoms with E-state index in [1.54, 1.807) is 83.1 Å². The number of hydrogen-bond donors (Lipinski definition) is 13. The van der Waals surface area contributed by atoms with E-state index in [-0.39, 0.29) is 134 Å². The molecule has 2 saturated heterocycles. The zero-order valence-electron chi connectivity index (χ0n) is 84.2.